The molecule has 4 rings (SSSR count). The zero-order chi connectivity index (χ0) is 29.2. The second-order valence-electron chi connectivity index (χ2n) is 9.08. The first-order valence-electron chi connectivity index (χ1n) is 11.9. The lowest BCUT2D eigenvalue weighted by Crippen LogP contribution is -2.45. The van der Waals surface area contributed by atoms with Crippen molar-refractivity contribution in [3.8, 4) is 17.3 Å². The minimum absolute atomic E-state index is 0.105. The van der Waals surface area contributed by atoms with E-state index in [-0.39, 0.29) is 40.5 Å². The van der Waals surface area contributed by atoms with E-state index in [1.807, 2.05) is 0 Å². The van der Waals surface area contributed by atoms with Crippen molar-refractivity contribution in [2.75, 3.05) is 6.54 Å². The van der Waals surface area contributed by atoms with E-state index in [1.165, 1.54) is 6.07 Å². The molecule has 2 aromatic heterocycles. The molecule has 0 aliphatic carbocycles. The second-order valence-corrected chi connectivity index (χ2v) is 11.0. The Morgan fingerprint density at radius 3 is 2.40 bits per heavy atom. The molecule has 1 fully saturated rings. The van der Waals surface area contributed by atoms with Crippen molar-refractivity contribution in [2.45, 2.75) is 56.2 Å². The number of carbonyl (C=O) groups is 1. The number of rotatable bonds is 8. The fraction of sp³-hybridized carbons (Fsp3) is 0.375. The number of carbonyl (C=O) groups excluding carboxylic acids is 1. The van der Waals surface area contributed by atoms with E-state index in [0.717, 1.165) is 41.0 Å². The molecule has 3 aromatic rings. The maximum atomic E-state index is 14.3. The Morgan fingerprint density at radius 1 is 1.15 bits per heavy atom. The summed E-state index contributed by atoms with van der Waals surface area (Å²) in [6.07, 6.45) is -5.25. The fourth-order valence-electron chi connectivity index (χ4n) is 3.88. The number of hydrogen-bond acceptors (Lipinski definition) is 8. The van der Waals surface area contributed by atoms with Crippen molar-refractivity contribution in [3.05, 3.63) is 60.1 Å². The van der Waals surface area contributed by atoms with Crippen LogP contribution in [0.15, 0.2) is 47.6 Å². The number of alkyl halides is 4. The fourth-order valence-corrected chi connectivity index (χ4v) is 5.51. The predicted molar refractivity (Wildman–Crippen MR) is 129 cm³/mol. The number of nitrogens with zero attached hydrogens (tertiary/aromatic N) is 5. The lowest BCUT2D eigenvalue weighted by molar-refractivity contribution is -0.145. The number of amides is 1. The van der Waals surface area contributed by atoms with Gasteiger partial charge in [0, 0.05) is 30.9 Å². The molecule has 1 aliphatic rings. The van der Waals surface area contributed by atoms with Crippen LogP contribution in [0.3, 0.4) is 0 Å². The zero-order valence-corrected chi connectivity index (χ0v) is 21.9. The highest BCUT2D eigenvalue weighted by molar-refractivity contribution is 7.89. The number of nitrogens with one attached hydrogen (secondary N) is 1. The number of aromatic nitrogens is 4. The van der Waals surface area contributed by atoms with Gasteiger partial charge in [0.25, 0.3) is 0 Å². The third-order valence-electron chi connectivity index (χ3n) is 5.67. The minimum atomic E-state index is -4.73. The standard InChI is InChI=1S/C24H23F5N6O4S/c1-13(2)39-23-33-17(8-19(34-23)14-9-31-22(32-10-14)24(27,28)29)11-30-21(36)20-7-16(26)12-35(20)40(37,38)18-5-3-15(25)4-6-18/h3-6,8-10,13,16,20H,7,11-12H2,1-2H3,(H,30,36)/t16-,20+/m1/s1. The third kappa shape index (κ3) is 6.67. The van der Waals surface area contributed by atoms with Crippen LogP contribution in [-0.2, 0) is 27.5 Å². The highest BCUT2D eigenvalue weighted by Crippen LogP contribution is 2.29. The summed E-state index contributed by atoms with van der Waals surface area (Å²) in [6, 6.07) is 3.76. The summed E-state index contributed by atoms with van der Waals surface area (Å²) in [7, 11) is -4.32. The average Bonchev–Trinajstić information content (AvgIpc) is 3.29. The molecule has 0 saturated carbocycles. The van der Waals surface area contributed by atoms with Gasteiger partial charge in [-0.25, -0.2) is 27.2 Å². The molecular formula is C24H23F5N6O4S. The van der Waals surface area contributed by atoms with Crippen LogP contribution in [0.1, 0.15) is 31.8 Å². The zero-order valence-electron chi connectivity index (χ0n) is 21.1. The van der Waals surface area contributed by atoms with Crippen LogP contribution >= 0.6 is 0 Å². The summed E-state index contributed by atoms with van der Waals surface area (Å²) in [4.78, 5) is 27.7. The van der Waals surface area contributed by atoms with Gasteiger partial charge in [0.15, 0.2) is 0 Å². The molecule has 1 amide bonds. The average molecular weight is 587 g/mol. The van der Waals surface area contributed by atoms with Gasteiger partial charge in [-0.2, -0.15) is 27.4 Å². The van der Waals surface area contributed by atoms with Crippen LogP contribution in [0.25, 0.3) is 11.3 Å². The van der Waals surface area contributed by atoms with Crippen molar-refractivity contribution < 1.29 is 39.9 Å². The lowest BCUT2D eigenvalue weighted by atomic mass is 10.2. The summed E-state index contributed by atoms with van der Waals surface area (Å²) >= 11 is 0. The van der Waals surface area contributed by atoms with E-state index in [4.69, 9.17) is 4.74 Å². The molecule has 1 aliphatic heterocycles. The van der Waals surface area contributed by atoms with E-state index in [0.29, 0.717) is 0 Å². The SMILES string of the molecule is CC(C)Oc1nc(CNC(=O)[C@@H]2C[C@@H](F)CN2S(=O)(=O)c2ccc(F)cc2)cc(-c2cnc(C(F)(F)F)nc2)n1. The van der Waals surface area contributed by atoms with Crippen LogP contribution < -0.4 is 10.1 Å². The molecule has 3 heterocycles. The minimum Gasteiger partial charge on any atom is -0.461 e. The normalized spacial score (nSPS) is 18.2. The first-order chi connectivity index (χ1) is 18.7. The van der Waals surface area contributed by atoms with Gasteiger partial charge in [-0.1, -0.05) is 0 Å². The summed E-state index contributed by atoms with van der Waals surface area (Å²) in [5.74, 6) is -2.81. The Hall–Kier alpha value is -3.79. The Morgan fingerprint density at radius 2 is 1.80 bits per heavy atom. The van der Waals surface area contributed by atoms with Crippen LogP contribution in [0.4, 0.5) is 22.0 Å². The van der Waals surface area contributed by atoms with E-state index in [1.54, 1.807) is 13.8 Å². The van der Waals surface area contributed by atoms with Crippen LogP contribution in [-0.4, -0.2) is 63.4 Å². The Kier molecular flexibility index (Phi) is 8.30. The Labute approximate surface area is 225 Å². The van der Waals surface area contributed by atoms with Gasteiger partial charge < -0.3 is 10.1 Å². The molecule has 214 valence electrons. The molecule has 1 saturated heterocycles. The van der Waals surface area contributed by atoms with Crippen molar-refractivity contribution in [1.82, 2.24) is 29.6 Å². The van der Waals surface area contributed by atoms with Gasteiger partial charge in [0.1, 0.15) is 18.0 Å². The molecule has 0 radical (unpaired) electrons. The topological polar surface area (TPSA) is 127 Å². The van der Waals surface area contributed by atoms with E-state index in [2.05, 4.69) is 25.3 Å². The van der Waals surface area contributed by atoms with Gasteiger partial charge in [-0.3, -0.25) is 4.79 Å². The monoisotopic (exact) mass is 586 g/mol. The van der Waals surface area contributed by atoms with Gasteiger partial charge in [0.2, 0.25) is 21.8 Å². The highest BCUT2D eigenvalue weighted by atomic mass is 32.2. The molecule has 0 bridgehead atoms. The molecular weight excluding hydrogens is 563 g/mol. The van der Waals surface area contributed by atoms with Crippen molar-refractivity contribution in [3.63, 3.8) is 0 Å². The molecule has 1 N–H and O–H groups in total. The molecule has 0 spiro atoms. The predicted octanol–water partition coefficient (Wildman–Crippen LogP) is 3.30. The van der Waals surface area contributed by atoms with E-state index < -0.39 is 58.9 Å². The smallest absolute Gasteiger partial charge is 0.451 e. The number of benzene rings is 1. The Bertz CT molecular complexity index is 1470. The first-order valence-corrected chi connectivity index (χ1v) is 13.3. The van der Waals surface area contributed by atoms with Gasteiger partial charge in [-0.15, -0.1) is 0 Å². The molecule has 40 heavy (non-hydrogen) atoms. The summed E-state index contributed by atoms with van der Waals surface area (Å²) < 4.78 is 98.5. The van der Waals surface area contributed by atoms with E-state index in [9.17, 15) is 35.2 Å². The molecule has 2 atom stereocenters. The van der Waals surface area contributed by atoms with Gasteiger partial charge in [-0.05, 0) is 44.2 Å². The number of ether oxygens (including phenoxy) is 1. The van der Waals surface area contributed by atoms with Crippen molar-refractivity contribution in [1.29, 1.82) is 0 Å². The van der Waals surface area contributed by atoms with Gasteiger partial charge >= 0.3 is 12.2 Å². The van der Waals surface area contributed by atoms with Crippen LogP contribution in [0, 0.1) is 5.82 Å². The maximum absolute atomic E-state index is 14.3. The van der Waals surface area contributed by atoms with Crippen LogP contribution in [0.5, 0.6) is 6.01 Å². The first kappa shape index (κ1) is 29.2. The summed E-state index contributed by atoms with van der Waals surface area (Å²) in [5, 5.41) is 2.51. The molecule has 0 unspecified atom stereocenters. The number of sulfonamides is 1. The lowest BCUT2D eigenvalue weighted by Gasteiger charge is -2.23. The van der Waals surface area contributed by atoms with Crippen molar-refractivity contribution >= 4 is 15.9 Å². The third-order valence-corrected chi connectivity index (χ3v) is 7.56. The summed E-state index contributed by atoms with van der Waals surface area (Å²) in [6.45, 7) is 2.56. The Balaban J connectivity index is 1.55. The molecule has 1 aromatic carbocycles. The number of halogens is 5. The second kappa shape index (κ2) is 11.4. The number of hydrogen-bond donors (Lipinski definition) is 1. The van der Waals surface area contributed by atoms with E-state index >= 15 is 0 Å². The summed E-state index contributed by atoms with van der Waals surface area (Å²) in [5.41, 5.74) is 0.384. The maximum Gasteiger partial charge on any atom is 0.451 e. The highest BCUT2D eigenvalue weighted by Gasteiger charge is 2.44. The van der Waals surface area contributed by atoms with Crippen molar-refractivity contribution in [2.24, 2.45) is 0 Å². The van der Waals surface area contributed by atoms with Gasteiger partial charge in [0.05, 0.1) is 28.9 Å². The largest absolute Gasteiger partial charge is 0.461 e. The molecule has 10 nitrogen and oxygen atoms in total. The quantitative estimate of drug-likeness (QED) is 0.399. The molecule has 16 heteroatoms. The van der Waals surface area contributed by atoms with Crippen LogP contribution in [0.2, 0.25) is 0 Å².